The highest BCUT2D eigenvalue weighted by molar-refractivity contribution is 9.10. The number of aromatic nitrogens is 2. The van der Waals surface area contributed by atoms with Crippen molar-refractivity contribution in [3.05, 3.63) is 67.1 Å². The van der Waals surface area contributed by atoms with E-state index in [-0.39, 0.29) is 5.56 Å². The molecule has 2 aromatic carbocycles. The number of fused-ring (bicyclic) bond motifs is 1. The van der Waals surface area contributed by atoms with Crippen molar-refractivity contribution in [1.82, 2.24) is 9.66 Å². The van der Waals surface area contributed by atoms with Crippen LogP contribution >= 0.6 is 31.9 Å². The summed E-state index contributed by atoms with van der Waals surface area (Å²) in [5, 5.41) is 5.04. The Labute approximate surface area is 181 Å². The van der Waals surface area contributed by atoms with E-state index < -0.39 is 0 Å². The first-order chi connectivity index (χ1) is 13.4. The Morgan fingerprint density at radius 2 is 1.96 bits per heavy atom. The van der Waals surface area contributed by atoms with Crippen molar-refractivity contribution >= 4 is 54.7 Å². The summed E-state index contributed by atoms with van der Waals surface area (Å²) >= 11 is 7.02. The molecule has 0 amide bonds. The highest BCUT2D eigenvalue weighted by atomic mass is 79.9. The molecule has 146 valence electrons. The van der Waals surface area contributed by atoms with Gasteiger partial charge in [0.25, 0.3) is 5.56 Å². The summed E-state index contributed by atoms with van der Waals surface area (Å²) in [7, 11) is 3.98. The first-order valence-corrected chi connectivity index (χ1v) is 10.7. The van der Waals surface area contributed by atoms with Gasteiger partial charge < -0.3 is 4.90 Å². The van der Waals surface area contributed by atoms with Crippen LogP contribution in [0.1, 0.15) is 31.2 Å². The van der Waals surface area contributed by atoms with E-state index >= 15 is 0 Å². The number of hydrogen-bond acceptors (Lipinski definition) is 4. The molecular formula is C21H22Br2N4O. The summed E-state index contributed by atoms with van der Waals surface area (Å²) in [6.45, 7) is 2.12. The van der Waals surface area contributed by atoms with Crippen LogP contribution in [-0.2, 0) is 6.42 Å². The maximum atomic E-state index is 13.1. The van der Waals surface area contributed by atoms with Crippen LogP contribution in [0.4, 0.5) is 5.69 Å². The van der Waals surface area contributed by atoms with E-state index in [1.807, 2.05) is 49.3 Å². The largest absolute Gasteiger partial charge is 0.377 e. The average molecular weight is 506 g/mol. The van der Waals surface area contributed by atoms with E-state index in [0.29, 0.717) is 23.1 Å². The molecule has 1 heterocycles. The second kappa shape index (κ2) is 9.01. The summed E-state index contributed by atoms with van der Waals surface area (Å²) < 4.78 is 3.25. The van der Waals surface area contributed by atoms with E-state index in [2.05, 4.69) is 43.9 Å². The number of nitrogens with zero attached hydrogens (tertiary/aromatic N) is 4. The van der Waals surface area contributed by atoms with Crippen LogP contribution in [0.25, 0.3) is 10.9 Å². The van der Waals surface area contributed by atoms with Crippen LogP contribution in [0.5, 0.6) is 0 Å². The van der Waals surface area contributed by atoms with Gasteiger partial charge in [-0.15, -0.1) is 0 Å². The molecule has 0 N–H and O–H groups in total. The maximum absolute atomic E-state index is 13.1. The molecule has 0 saturated carbocycles. The quantitative estimate of drug-likeness (QED) is 0.432. The van der Waals surface area contributed by atoms with E-state index in [9.17, 15) is 4.79 Å². The summed E-state index contributed by atoms with van der Waals surface area (Å²) in [5.74, 6) is 0.682. The van der Waals surface area contributed by atoms with Crippen molar-refractivity contribution < 1.29 is 0 Å². The SMILES string of the molecule is CCCCc1nc2ccc(Br)cc2c(=O)n1N=Cc1ccc(N(C)C)c(Br)c1. The third kappa shape index (κ3) is 4.52. The molecule has 5 nitrogen and oxygen atoms in total. The van der Waals surface area contributed by atoms with Gasteiger partial charge in [-0.25, -0.2) is 4.98 Å². The number of halogens is 2. The molecule has 28 heavy (non-hydrogen) atoms. The Balaban J connectivity index is 2.07. The summed E-state index contributed by atoms with van der Waals surface area (Å²) in [4.78, 5) is 19.8. The van der Waals surface area contributed by atoms with Crippen LogP contribution in [-0.4, -0.2) is 30.0 Å². The molecule has 0 unspecified atom stereocenters. The van der Waals surface area contributed by atoms with Crippen molar-refractivity contribution in [3.8, 4) is 0 Å². The molecule has 3 aromatic rings. The van der Waals surface area contributed by atoms with Crippen LogP contribution in [0.3, 0.4) is 0 Å². The van der Waals surface area contributed by atoms with E-state index in [0.717, 1.165) is 33.0 Å². The van der Waals surface area contributed by atoms with E-state index in [4.69, 9.17) is 4.98 Å². The Hall–Kier alpha value is -1.99. The Morgan fingerprint density at radius 3 is 2.64 bits per heavy atom. The zero-order valence-electron chi connectivity index (χ0n) is 16.1. The molecular weight excluding hydrogens is 484 g/mol. The molecule has 0 radical (unpaired) electrons. The van der Waals surface area contributed by atoms with Crippen LogP contribution in [0.2, 0.25) is 0 Å². The van der Waals surface area contributed by atoms with Gasteiger partial charge in [0, 0.05) is 29.5 Å². The summed E-state index contributed by atoms with van der Waals surface area (Å²) in [6, 6.07) is 11.5. The van der Waals surface area contributed by atoms with Crippen molar-refractivity contribution in [2.24, 2.45) is 5.10 Å². The number of aryl methyl sites for hydroxylation is 1. The number of rotatable bonds is 6. The molecule has 0 saturated heterocycles. The molecule has 0 spiro atoms. The predicted octanol–water partition coefficient (Wildman–Crippen LogP) is 5.21. The highest BCUT2D eigenvalue weighted by Crippen LogP contribution is 2.25. The Kier molecular flexibility index (Phi) is 6.67. The molecule has 7 heteroatoms. The Bertz CT molecular complexity index is 1090. The second-order valence-electron chi connectivity index (χ2n) is 6.76. The normalized spacial score (nSPS) is 11.5. The van der Waals surface area contributed by atoms with Gasteiger partial charge in [0.05, 0.1) is 22.8 Å². The lowest BCUT2D eigenvalue weighted by atomic mass is 10.2. The molecule has 1 aromatic heterocycles. The minimum Gasteiger partial charge on any atom is -0.377 e. The lowest BCUT2D eigenvalue weighted by Gasteiger charge is -2.14. The van der Waals surface area contributed by atoms with Gasteiger partial charge in [-0.1, -0.05) is 35.3 Å². The molecule has 0 fully saturated rings. The van der Waals surface area contributed by atoms with Gasteiger partial charge in [0.1, 0.15) is 5.82 Å². The summed E-state index contributed by atoms with van der Waals surface area (Å²) in [5.41, 5.74) is 2.52. The second-order valence-corrected chi connectivity index (χ2v) is 8.53. The molecule has 0 atom stereocenters. The van der Waals surface area contributed by atoms with E-state index in [1.54, 1.807) is 12.3 Å². The number of unbranched alkanes of at least 4 members (excludes halogenated alkanes) is 1. The molecule has 0 aliphatic carbocycles. The fourth-order valence-corrected chi connectivity index (χ4v) is 4.01. The molecule has 3 rings (SSSR count). The van der Waals surface area contributed by atoms with Gasteiger partial charge in [-0.3, -0.25) is 4.79 Å². The fourth-order valence-electron chi connectivity index (χ4n) is 2.90. The fraction of sp³-hybridized carbons (Fsp3) is 0.286. The standard InChI is InChI=1S/C21H22Br2N4O/c1-4-5-6-20-25-18-9-8-15(22)12-16(18)21(28)27(20)24-13-14-7-10-19(26(2)3)17(23)11-14/h7-13H,4-6H2,1-3H3. The lowest BCUT2D eigenvalue weighted by Crippen LogP contribution is -2.22. The summed E-state index contributed by atoms with van der Waals surface area (Å²) in [6.07, 6.45) is 4.38. The topological polar surface area (TPSA) is 50.5 Å². The third-order valence-electron chi connectivity index (χ3n) is 4.41. The van der Waals surface area contributed by atoms with Crippen molar-refractivity contribution in [1.29, 1.82) is 0 Å². The number of hydrogen-bond donors (Lipinski definition) is 0. The first kappa shape index (κ1) is 20.7. The zero-order valence-corrected chi connectivity index (χ0v) is 19.3. The first-order valence-electron chi connectivity index (χ1n) is 9.13. The van der Waals surface area contributed by atoms with Gasteiger partial charge in [0.2, 0.25) is 0 Å². The smallest absolute Gasteiger partial charge is 0.282 e. The molecule has 0 aliphatic heterocycles. The van der Waals surface area contributed by atoms with Gasteiger partial charge in [-0.05, 0) is 58.2 Å². The van der Waals surface area contributed by atoms with Crippen LogP contribution in [0.15, 0.2) is 55.2 Å². The lowest BCUT2D eigenvalue weighted by molar-refractivity contribution is 0.675. The van der Waals surface area contributed by atoms with Crippen LogP contribution in [0, 0.1) is 0 Å². The van der Waals surface area contributed by atoms with Crippen molar-refractivity contribution in [2.75, 3.05) is 19.0 Å². The van der Waals surface area contributed by atoms with Crippen molar-refractivity contribution in [2.45, 2.75) is 26.2 Å². The molecule has 0 aliphatic rings. The third-order valence-corrected chi connectivity index (χ3v) is 5.53. The van der Waals surface area contributed by atoms with E-state index in [1.165, 1.54) is 4.68 Å². The van der Waals surface area contributed by atoms with Crippen molar-refractivity contribution in [3.63, 3.8) is 0 Å². The maximum Gasteiger partial charge on any atom is 0.282 e. The van der Waals surface area contributed by atoms with Gasteiger partial charge in [0.15, 0.2) is 0 Å². The zero-order chi connectivity index (χ0) is 20.3. The van der Waals surface area contributed by atoms with Crippen LogP contribution < -0.4 is 10.5 Å². The number of benzene rings is 2. The highest BCUT2D eigenvalue weighted by Gasteiger charge is 2.11. The monoisotopic (exact) mass is 504 g/mol. The Morgan fingerprint density at radius 1 is 1.18 bits per heavy atom. The van der Waals surface area contributed by atoms with Gasteiger partial charge >= 0.3 is 0 Å². The minimum atomic E-state index is -0.155. The predicted molar refractivity (Wildman–Crippen MR) is 124 cm³/mol. The van der Waals surface area contributed by atoms with Gasteiger partial charge in [-0.2, -0.15) is 9.78 Å². The number of anilines is 1. The molecule has 0 bridgehead atoms. The minimum absolute atomic E-state index is 0.155. The average Bonchev–Trinajstić information content (AvgIpc) is 2.66.